The Morgan fingerprint density at radius 3 is 1.70 bits per heavy atom. The van der Waals surface area contributed by atoms with Gasteiger partial charge in [0.1, 0.15) is 6.10 Å². The summed E-state index contributed by atoms with van der Waals surface area (Å²) in [5.74, 6) is 0.918. The molecule has 8 heteroatoms. The highest BCUT2D eigenvalue weighted by Crippen LogP contribution is 2.44. The Morgan fingerprint density at radius 2 is 1.28 bits per heavy atom. The molecule has 3 rings (SSSR count). The third kappa shape index (κ3) is 10.1. The molecule has 0 spiro atoms. The van der Waals surface area contributed by atoms with Crippen LogP contribution in [0.4, 0.5) is 0 Å². The first-order valence-electron chi connectivity index (χ1n) is 20.7. The zero-order chi connectivity index (χ0) is 39.7. The highest BCUT2D eigenvalue weighted by atomic mass is 28.4. The number of benzene rings is 2. The van der Waals surface area contributed by atoms with Crippen LogP contribution in [0.1, 0.15) is 110 Å². The molecule has 4 atom stereocenters. The van der Waals surface area contributed by atoms with E-state index in [9.17, 15) is 4.79 Å². The van der Waals surface area contributed by atoms with Crippen LogP contribution in [0.3, 0.4) is 0 Å². The minimum absolute atomic E-state index is 0.0534. The largest absolute Gasteiger partial charge is 0.546 e. The fourth-order valence-electron chi connectivity index (χ4n) is 8.77. The van der Waals surface area contributed by atoms with Crippen molar-refractivity contribution in [2.45, 2.75) is 169 Å². The predicted molar refractivity (Wildman–Crippen MR) is 232 cm³/mol. The van der Waals surface area contributed by atoms with Crippen molar-refractivity contribution < 1.29 is 22.8 Å². The lowest BCUT2D eigenvalue weighted by Gasteiger charge is -2.47. The number of carbonyl (C=O) groups is 1. The molecule has 1 aliphatic heterocycles. The molecular formula is C45H74O5Si3. The maximum Gasteiger partial charge on any atom is 0.308 e. The number of ether oxygens (including phenoxy) is 1. The van der Waals surface area contributed by atoms with Gasteiger partial charge in [0.25, 0.3) is 8.32 Å². The molecule has 0 aromatic heterocycles. The van der Waals surface area contributed by atoms with Gasteiger partial charge in [-0.25, -0.2) is 0 Å². The molecule has 53 heavy (non-hydrogen) atoms. The minimum Gasteiger partial charge on any atom is -0.546 e. The van der Waals surface area contributed by atoms with Gasteiger partial charge >= 0.3 is 5.97 Å². The van der Waals surface area contributed by atoms with Crippen LogP contribution in [0.2, 0.25) is 41.3 Å². The number of cyclic esters (lactones) is 1. The van der Waals surface area contributed by atoms with Gasteiger partial charge in [-0.2, -0.15) is 0 Å². The van der Waals surface area contributed by atoms with Crippen molar-refractivity contribution in [3.05, 3.63) is 84.1 Å². The van der Waals surface area contributed by atoms with Crippen molar-refractivity contribution >= 4 is 41.3 Å². The summed E-state index contributed by atoms with van der Waals surface area (Å²) < 4.78 is 28.3. The van der Waals surface area contributed by atoms with E-state index >= 15 is 0 Å². The van der Waals surface area contributed by atoms with Gasteiger partial charge in [-0.05, 0) is 71.1 Å². The van der Waals surface area contributed by atoms with E-state index in [1.165, 1.54) is 10.4 Å². The van der Waals surface area contributed by atoms with Crippen LogP contribution in [-0.4, -0.2) is 49.2 Å². The molecule has 0 amide bonds. The van der Waals surface area contributed by atoms with Crippen LogP contribution in [-0.2, 0) is 22.8 Å². The predicted octanol–water partition coefficient (Wildman–Crippen LogP) is 11.6. The molecule has 2 aromatic rings. The third-order valence-electron chi connectivity index (χ3n) is 12.6. The van der Waals surface area contributed by atoms with Gasteiger partial charge in [0.05, 0.1) is 24.4 Å². The molecule has 296 valence electrons. The fraction of sp³-hybridized carbons (Fsp3) is 0.622. The lowest BCUT2D eigenvalue weighted by atomic mass is 9.77. The van der Waals surface area contributed by atoms with Crippen LogP contribution in [0.5, 0.6) is 0 Å². The van der Waals surface area contributed by atoms with Crippen LogP contribution >= 0.6 is 0 Å². The number of hydrogen-bond acceptors (Lipinski definition) is 5. The maximum atomic E-state index is 13.5. The molecule has 1 heterocycles. The van der Waals surface area contributed by atoms with Crippen molar-refractivity contribution in [1.29, 1.82) is 0 Å². The summed E-state index contributed by atoms with van der Waals surface area (Å²) in [4.78, 5) is 13.5. The van der Waals surface area contributed by atoms with Gasteiger partial charge in [0.15, 0.2) is 8.32 Å². The summed E-state index contributed by atoms with van der Waals surface area (Å²) in [7, 11) is -6.80. The second-order valence-corrected chi connectivity index (χ2v) is 30.8. The summed E-state index contributed by atoms with van der Waals surface area (Å²) in [6.45, 7) is 31.8. The summed E-state index contributed by atoms with van der Waals surface area (Å²) in [6.07, 6.45) is 4.66. The molecule has 0 saturated carbocycles. The van der Waals surface area contributed by atoms with Crippen LogP contribution in [0, 0.1) is 11.3 Å². The highest BCUT2D eigenvalue weighted by Gasteiger charge is 2.52. The van der Waals surface area contributed by atoms with Gasteiger partial charge < -0.3 is 18.0 Å². The van der Waals surface area contributed by atoms with Crippen LogP contribution < -0.4 is 10.4 Å². The summed E-state index contributed by atoms with van der Waals surface area (Å²) >= 11 is 0. The Balaban J connectivity index is 2.06. The van der Waals surface area contributed by atoms with Crippen molar-refractivity contribution in [2.24, 2.45) is 11.3 Å². The molecule has 0 aliphatic carbocycles. The second kappa shape index (κ2) is 19.1. The highest BCUT2D eigenvalue weighted by molar-refractivity contribution is 6.99. The van der Waals surface area contributed by atoms with Crippen molar-refractivity contribution in [3.63, 3.8) is 0 Å². The summed E-state index contributed by atoms with van der Waals surface area (Å²) in [6, 6.07) is 27.9. The van der Waals surface area contributed by atoms with Gasteiger partial charge in [0, 0.05) is 17.8 Å². The molecule has 1 fully saturated rings. The molecule has 0 bridgehead atoms. The smallest absolute Gasteiger partial charge is 0.308 e. The van der Waals surface area contributed by atoms with Gasteiger partial charge in [-0.3, -0.25) is 4.79 Å². The van der Waals surface area contributed by atoms with E-state index in [0.29, 0.717) is 6.42 Å². The Bertz CT molecular complexity index is 1430. The molecular weight excluding hydrogens is 705 g/mol. The van der Waals surface area contributed by atoms with Crippen LogP contribution in [0.15, 0.2) is 84.1 Å². The zero-order valence-electron chi connectivity index (χ0n) is 35.9. The van der Waals surface area contributed by atoms with E-state index in [4.69, 9.17) is 18.0 Å². The molecule has 0 unspecified atom stereocenters. The van der Waals surface area contributed by atoms with Crippen LogP contribution in [0.25, 0.3) is 0 Å². The normalized spacial score (nSPS) is 19.5. The van der Waals surface area contributed by atoms with Gasteiger partial charge in [-0.15, -0.1) is 0 Å². The average molecular weight is 779 g/mol. The van der Waals surface area contributed by atoms with Crippen molar-refractivity contribution in [1.82, 2.24) is 0 Å². The Labute approximate surface area is 327 Å². The standard InChI is InChI=1S/C45H74O5Si3/c1-15-41(49-51(16-2,17-3)18-4)45(13,14)43(50-52(19-5,20-6)21-7)36(9)32-35(8)40-33-37(34-42(46)47-40)48-53(44(10,11)12,38-28-24-22-25-29-38)39-30-26-23-27-31-39/h15,22-32,36-37,40,43H,16-21,33-34H2,1-14H3/b35-32+,41-15-/t36-,37-,40-,43-/m0/s1. The second-order valence-electron chi connectivity index (χ2n) is 17.1. The Hall–Kier alpha value is -2.24. The number of esters is 1. The topological polar surface area (TPSA) is 54.0 Å². The molecule has 5 nitrogen and oxygen atoms in total. The Kier molecular flexibility index (Phi) is 16.2. The van der Waals surface area contributed by atoms with E-state index in [0.717, 1.165) is 47.6 Å². The van der Waals surface area contributed by atoms with E-state index in [-0.39, 0.29) is 47.1 Å². The fourth-order valence-corrected chi connectivity index (χ4v) is 19.3. The van der Waals surface area contributed by atoms with E-state index in [1.807, 2.05) is 0 Å². The number of carbonyl (C=O) groups excluding carboxylic acids is 1. The minimum atomic E-state index is -2.85. The summed E-state index contributed by atoms with van der Waals surface area (Å²) in [5, 5.41) is 2.25. The van der Waals surface area contributed by atoms with E-state index < -0.39 is 25.0 Å². The summed E-state index contributed by atoms with van der Waals surface area (Å²) in [5.41, 5.74) is 0.698. The zero-order valence-corrected chi connectivity index (χ0v) is 38.9. The Morgan fingerprint density at radius 1 is 0.811 bits per heavy atom. The monoisotopic (exact) mass is 778 g/mol. The quantitative estimate of drug-likeness (QED) is 0.0615. The first-order valence-corrected chi connectivity index (χ1v) is 27.6. The molecule has 0 N–H and O–H groups in total. The lowest BCUT2D eigenvalue weighted by molar-refractivity contribution is -0.156. The van der Waals surface area contributed by atoms with E-state index in [2.05, 4.69) is 170 Å². The van der Waals surface area contributed by atoms with Crippen molar-refractivity contribution in [3.8, 4) is 0 Å². The molecule has 1 aliphatic rings. The first-order chi connectivity index (χ1) is 25.0. The number of hydrogen-bond donors (Lipinski definition) is 0. The molecule has 0 radical (unpaired) electrons. The molecule has 2 aromatic carbocycles. The van der Waals surface area contributed by atoms with Gasteiger partial charge in [-0.1, -0.05) is 156 Å². The van der Waals surface area contributed by atoms with Gasteiger partial charge in [0.2, 0.25) is 8.32 Å². The maximum absolute atomic E-state index is 13.5. The average Bonchev–Trinajstić information content (AvgIpc) is 3.15. The van der Waals surface area contributed by atoms with Crippen molar-refractivity contribution in [2.75, 3.05) is 0 Å². The first kappa shape index (κ1) is 45.2. The van der Waals surface area contributed by atoms with E-state index in [1.54, 1.807) is 0 Å². The third-order valence-corrected chi connectivity index (χ3v) is 26.8. The number of allylic oxidation sites excluding steroid dienone is 1. The lowest BCUT2D eigenvalue weighted by Crippen LogP contribution is -2.68. The molecule has 1 saturated heterocycles. The SMILES string of the molecule is C/C=C(\O[Si](CC)(CC)CC)C(C)(C)[C@@H](O[Si](CC)(CC)CC)[C@@H](C)/C=C(\C)[C@@H]1C[C@H](O[Si](c2ccccc2)(c2ccccc2)C(C)(C)C)CC(=O)O1. The number of rotatable bonds is 19.